The minimum absolute atomic E-state index is 0.0853. The first kappa shape index (κ1) is 16.9. The zero-order valence-electron chi connectivity index (χ0n) is 14.0. The molecule has 1 aromatic rings. The maximum absolute atomic E-state index is 11.1. The summed E-state index contributed by atoms with van der Waals surface area (Å²) in [5, 5.41) is 4.48. The van der Waals surface area contributed by atoms with Crippen LogP contribution in [0, 0.1) is 0 Å². The Morgan fingerprint density at radius 3 is 2.55 bits per heavy atom. The molecule has 1 fully saturated rings. The number of rotatable bonds is 5. The molecule has 1 atom stereocenters. The van der Waals surface area contributed by atoms with E-state index in [1.54, 1.807) is 0 Å². The summed E-state index contributed by atoms with van der Waals surface area (Å²) < 4.78 is 7.32. The van der Waals surface area contributed by atoms with Crippen molar-refractivity contribution < 1.29 is 9.53 Å². The summed E-state index contributed by atoms with van der Waals surface area (Å²) in [4.78, 5) is 18.1. The molecule has 0 spiro atoms. The predicted molar refractivity (Wildman–Crippen MR) is 83.5 cm³/mol. The molecule has 22 heavy (non-hydrogen) atoms. The lowest BCUT2D eigenvalue weighted by atomic mass is 10.1. The molecule has 2 rings (SSSR count). The molecule has 124 valence electrons. The number of nitrogens with two attached hydrogens (primary N) is 1. The minimum Gasteiger partial charge on any atom is -0.379 e. The van der Waals surface area contributed by atoms with Crippen LogP contribution in [0.25, 0.3) is 0 Å². The highest BCUT2D eigenvalue weighted by molar-refractivity contribution is 5.75. The SMILES string of the molecule is CC(Cc1nc(CC(N)=O)nn1C(C)(C)C)N1CCOCC1. The predicted octanol–water partition coefficient (Wildman–Crippen LogP) is 0.324. The Hall–Kier alpha value is -1.47. The summed E-state index contributed by atoms with van der Waals surface area (Å²) in [5.41, 5.74) is 5.08. The first-order chi connectivity index (χ1) is 10.3. The molecule has 0 aliphatic carbocycles. The largest absolute Gasteiger partial charge is 0.379 e. The number of primary amides is 1. The van der Waals surface area contributed by atoms with E-state index in [0.717, 1.165) is 38.5 Å². The summed E-state index contributed by atoms with van der Waals surface area (Å²) in [6, 6.07) is 0.357. The fraction of sp³-hybridized carbons (Fsp3) is 0.800. The normalized spacial score (nSPS) is 18.4. The topological polar surface area (TPSA) is 86.3 Å². The molecule has 2 heterocycles. The summed E-state index contributed by atoms with van der Waals surface area (Å²) in [5.74, 6) is 1.01. The van der Waals surface area contributed by atoms with Gasteiger partial charge in [-0.05, 0) is 27.7 Å². The Bertz CT molecular complexity index is 514. The lowest BCUT2D eigenvalue weighted by Gasteiger charge is -2.32. The second-order valence-electron chi connectivity index (χ2n) is 6.87. The molecule has 1 unspecified atom stereocenters. The molecule has 1 amide bonds. The lowest BCUT2D eigenvalue weighted by molar-refractivity contribution is -0.117. The molecule has 1 aromatic heterocycles. The standard InChI is InChI=1S/C15H27N5O2/c1-11(19-5-7-22-8-6-19)9-14-17-13(10-12(16)21)18-20(14)15(2,3)4/h11H,5-10H2,1-4H3,(H2,16,21). The van der Waals surface area contributed by atoms with Gasteiger partial charge in [-0.1, -0.05) is 0 Å². The van der Waals surface area contributed by atoms with E-state index in [1.165, 1.54) is 0 Å². The number of carbonyl (C=O) groups excluding carboxylic acids is 1. The molecule has 0 bridgehead atoms. The molecular weight excluding hydrogens is 282 g/mol. The molecule has 2 N–H and O–H groups in total. The van der Waals surface area contributed by atoms with E-state index in [4.69, 9.17) is 10.5 Å². The fourth-order valence-electron chi connectivity index (χ4n) is 2.70. The monoisotopic (exact) mass is 309 g/mol. The number of ether oxygens (including phenoxy) is 1. The first-order valence-corrected chi connectivity index (χ1v) is 7.83. The third-order valence-corrected chi connectivity index (χ3v) is 3.83. The molecule has 0 radical (unpaired) electrons. The van der Waals surface area contributed by atoms with Crippen LogP contribution in [-0.2, 0) is 27.9 Å². The van der Waals surface area contributed by atoms with Crippen molar-refractivity contribution in [2.24, 2.45) is 5.73 Å². The summed E-state index contributed by atoms with van der Waals surface area (Å²) in [6.45, 7) is 11.9. The van der Waals surface area contributed by atoms with Gasteiger partial charge in [0.25, 0.3) is 0 Å². The maximum atomic E-state index is 11.1. The summed E-state index contributed by atoms with van der Waals surface area (Å²) in [6.07, 6.45) is 0.880. The van der Waals surface area contributed by atoms with Gasteiger partial charge in [-0.3, -0.25) is 9.69 Å². The van der Waals surface area contributed by atoms with Crippen LogP contribution in [0.1, 0.15) is 39.3 Å². The quantitative estimate of drug-likeness (QED) is 0.847. The van der Waals surface area contributed by atoms with E-state index in [9.17, 15) is 4.79 Å². The number of hydrogen-bond donors (Lipinski definition) is 1. The molecule has 1 aliphatic rings. The van der Waals surface area contributed by atoms with Gasteiger partial charge >= 0.3 is 0 Å². The summed E-state index contributed by atoms with van der Waals surface area (Å²) >= 11 is 0. The second-order valence-corrected chi connectivity index (χ2v) is 6.87. The number of morpholine rings is 1. The fourth-order valence-corrected chi connectivity index (χ4v) is 2.70. The van der Waals surface area contributed by atoms with Crippen molar-refractivity contribution >= 4 is 5.91 Å². The Kier molecular flexibility index (Phi) is 5.18. The highest BCUT2D eigenvalue weighted by atomic mass is 16.5. The van der Waals surface area contributed by atoms with Gasteiger partial charge in [-0.2, -0.15) is 5.10 Å². The van der Waals surface area contributed by atoms with Crippen LogP contribution >= 0.6 is 0 Å². The molecule has 0 saturated carbocycles. The molecular formula is C15H27N5O2. The average Bonchev–Trinajstić information content (AvgIpc) is 2.81. The number of aromatic nitrogens is 3. The van der Waals surface area contributed by atoms with Crippen molar-refractivity contribution in [2.45, 2.75) is 52.1 Å². The zero-order valence-corrected chi connectivity index (χ0v) is 14.0. The third-order valence-electron chi connectivity index (χ3n) is 3.83. The maximum Gasteiger partial charge on any atom is 0.225 e. The highest BCUT2D eigenvalue weighted by Gasteiger charge is 2.25. The van der Waals surface area contributed by atoms with Gasteiger partial charge in [0.15, 0.2) is 5.82 Å². The highest BCUT2D eigenvalue weighted by Crippen LogP contribution is 2.18. The van der Waals surface area contributed by atoms with Gasteiger partial charge < -0.3 is 10.5 Å². The van der Waals surface area contributed by atoms with Gasteiger partial charge in [0.1, 0.15) is 5.82 Å². The third kappa shape index (κ3) is 4.27. The van der Waals surface area contributed by atoms with Crippen molar-refractivity contribution in [3.63, 3.8) is 0 Å². The number of hydrogen-bond acceptors (Lipinski definition) is 5. The zero-order chi connectivity index (χ0) is 16.3. The Labute approximate surface area is 131 Å². The minimum atomic E-state index is -0.404. The molecule has 1 saturated heterocycles. The van der Waals surface area contributed by atoms with Gasteiger partial charge in [0.2, 0.25) is 5.91 Å². The van der Waals surface area contributed by atoms with Crippen LogP contribution < -0.4 is 5.73 Å². The van der Waals surface area contributed by atoms with Crippen molar-refractivity contribution in [3.05, 3.63) is 11.6 Å². The van der Waals surface area contributed by atoms with Crippen LogP contribution in [0.4, 0.5) is 0 Å². The molecule has 7 nitrogen and oxygen atoms in total. The van der Waals surface area contributed by atoms with E-state index < -0.39 is 5.91 Å². The van der Waals surface area contributed by atoms with Crippen molar-refractivity contribution in [2.75, 3.05) is 26.3 Å². The van der Waals surface area contributed by atoms with E-state index >= 15 is 0 Å². The van der Waals surface area contributed by atoms with Gasteiger partial charge in [-0.15, -0.1) is 0 Å². The first-order valence-electron chi connectivity index (χ1n) is 7.83. The van der Waals surface area contributed by atoms with Gasteiger partial charge in [0.05, 0.1) is 25.2 Å². The van der Waals surface area contributed by atoms with Crippen molar-refractivity contribution in [1.29, 1.82) is 0 Å². The Balaban J connectivity index is 2.16. The lowest BCUT2D eigenvalue weighted by Crippen LogP contribution is -2.43. The number of nitrogens with zero attached hydrogens (tertiary/aromatic N) is 4. The molecule has 1 aliphatic heterocycles. The van der Waals surface area contributed by atoms with Crippen LogP contribution in [0.2, 0.25) is 0 Å². The second kappa shape index (κ2) is 6.75. The molecule has 7 heteroatoms. The van der Waals surface area contributed by atoms with Gasteiger partial charge in [-0.25, -0.2) is 9.67 Å². The number of amides is 1. The van der Waals surface area contributed by atoms with E-state index in [-0.39, 0.29) is 12.0 Å². The average molecular weight is 309 g/mol. The van der Waals surface area contributed by atoms with E-state index in [0.29, 0.717) is 11.9 Å². The van der Waals surface area contributed by atoms with Crippen LogP contribution in [0.3, 0.4) is 0 Å². The van der Waals surface area contributed by atoms with Crippen molar-refractivity contribution in [3.8, 4) is 0 Å². The summed E-state index contributed by atoms with van der Waals surface area (Å²) in [7, 11) is 0. The van der Waals surface area contributed by atoms with Crippen molar-refractivity contribution in [1.82, 2.24) is 19.7 Å². The smallest absolute Gasteiger partial charge is 0.225 e. The Morgan fingerprint density at radius 1 is 1.36 bits per heavy atom. The van der Waals surface area contributed by atoms with Crippen LogP contribution in [0.5, 0.6) is 0 Å². The molecule has 0 aromatic carbocycles. The Morgan fingerprint density at radius 2 is 2.00 bits per heavy atom. The van der Waals surface area contributed by atoms with E-state index in [2.05, 4.69) is 42.7 Å². The van der Waals surface area contributed by atoms with E-state index in [1.807, 2.05) is 4.68 Å². The van der Waals surface area contributed by atoms with Crippen LogP contribution in [0.15, 0.2) is 0 Å². The number of carbonyl (C=O) groups is 1. The van der Waals surface area contributed by atoms with Crippen LogP contribution in [-0.4, -0.2) is 57.9 Å². The van der Waals surface area contributed by atoms with Gasteiger partial charge in [0, 0.05) is 25.6 Å².